The highest BCUT2D eigenvalue weighted by molar-refractivity contribution is 7.94. The van der Waals surface area contributed by atoms with Crippen molar-refractivity contribution in [3.8, 4) is 0 Å². The Morgan fingerprint density at radius 1 is 1.12 bits per heavy atom. The molecular weight excluding hydrogens is 495 g/mol. The highest BCUT2D eigenvalue weighted by Gasteiger charge is 2.41. The smallest absolute Gasteiger partial charge is 0.343 e. The number of ether oxygens (including phenoxy) is 1. The van der Waals surface area contributed by atoms with Crippen molar-refractivity contribution >= 4 is 37.4 Å². The largest absolute Gasteiger partial charge is 0.457 e. The first-order valence-electron chi connectivity index (χ1n) is 9.14. The fraction of sp³-hybridized carbons (Fsp3) is 0.316. The number of sulfone groups is 1. The summed E-state index contributed by atoms with van der Waals surface area (Å²) in [6.45, 7) is -0.479. The zero-order valence-electron chi connectivity index (χ0n) is 16.7. The molecule has 0 aliphatic rings. The number of rotatable bonds is 10. The van der Waals surface area contributed by atoms with Gasteiger partial charge in [0.2, 0.25) is 0 Å². The summed E-state index contributed by atoms with van der Waals surface area (Å²) in [6, 6.07) is 9.72. The van der Waals surface area contributed by atoms with E-state index in [9.17, 15) is 30.5 Å². The molecule has 0 N–H and O–H groups in total. The molecule has 1 unspecified atom stereocenters. The van der Waals surface area contributed by atoms with Crippen molar-refractivity contribution in [2.45, 2.75) is 30.2 Å². The second-order valence-corrected chi connectivity index (χ2v) is 10.9. The Hall–Kier alpha value is -2.15. The number of alkyl halides is 1. The molecule has 0 heterocycles. The molecular formula is C19H19ClF3NO6S2. The lowest BCUT2D eigenvalue weighted by Gasteiger charge is -2.22. The van der Waals surface area contributed by atoms with Crippen LogP contribution < -0.4 is 0 Å². The molecule has 32 heavy (non-hydrogen) atoms. The van der Waals surface area contributed by atoms with E-state index in [0.29, 0.717) is 11.6 Å². The third kappa shape index (κ3) is 5.61. The third-order valence-corrected chi connectivity index (χ3v) is 8.44. The number of sulfonamides is 1. The molecule has 2 aromatic rings. The first-order chi connectivity index (χ1) is 15.0. The Bertz CT molecular complexity index is 1180. The summed E-state index contributed by atoms with van der Waals surface area (Å²) in [6.07, 6.45) is -0.570. The summed E-state index contributed by atoms with van der Waals surface area (Å²) < 4.78 is 95.5. The molecule has 0 fully saturated rings. The number of halogens is 4. The minimum atomic E-state index is -5.40. The molecule has 13 heteroatoms. The molecule has 1 atom stereocenters. The van der Waals surface area contributed by atoms with Crippen molar-refractivity contribution in [2.75, 3.05) is 12.4 Å². The summed E-state index contributed by atoms with van der Waals surface area (Å²) in [4.78, 5) is 11.0. The number of nitrogens with zero attached hydrogens (tertiary/aromatic N) is 1. The van der Waals surface area contributed by atoms with E-state index < -0.39 is 75.9 Å². The van der Waals surface area contributed by atoms with Gasteiger partial charge >= 0.3 is 5.97 Å². The van der Waals surface area contributed by atoms with Crippen molar-refractivity contribution in [3.05, 3.63) is 64.4 Å². The van der Waals surface area contributed by atoms with Crippen LogP contribution in [0.25, 0.3) is 0 Å². The summed E-state index contributed by atoms with van der Waals surface area (Å²) in [7, 11) is -9.94. The van der Waals surface area contributed by atoms with Crippen molar-refractivity contribution in [2.24, 2.45) is 0 Å². The third-order valence-electron chi connectivity index (χ3n) is 4.33. The van der Waals surface area contributed by atoms with Gasteiger partial charge in [-0.05, 0) is 28.6 Å². The molecule has 2 rings (SSSR count). The molecule has 2 aromatic carbocycles. The quantitative estimate of drug-likeness (QED) is 0.354. The normalized spacial score (nSPS) is 13.2. The average molecular weight is 514 g/mol. The number of benzene rings is 2. The van der Waals surface area contributed by atoms with Gasteiger partial charge in [0, 0.05) is 0 Å². The molecule has 0 saturated heterocycles. The number of carbonyl (C=O) groups is 1. The van der Waals surface area contributed by atoms with Gasteiger partial charge in [0.25, 0.3) is 10.0 Å². The van der Waals surface area contributed by atoms with Crippen LogP contribution in [0, 0.1) is 5.82 Å². The van der Waals surface area contributed by atoms with Gasteiger partial charge in [-0.2, -0.15) is 0 Å². The van der Waals surface area contributed by atoms with Crippen LogP contribution in [-0.4, -0.2) is 45.1 Å². The summed E-state index contributed by atoms with van der Waals surface area (Å²) in [5.41, 5.74) is -0.406. The van der Waals surface area contributed by atoms with E-state index in [4.69, 9.17) is 16.3 Å². The monoisotopic (exact) mass is 513 g/mol. The van der Waals surface area contributed by atoms with E-state index in [0.717, 1.165) is 13.0 Å². The van der Waals surface area contributed by atoms with Crippen LogP contribution in [0.5, 0.6) is 0 Å². The fourth-order valence-corrected chi connectivity index (χ4v) is 6.15. The topological polar surface area (TPSA) is 97.8 Å². The van der Waals surface area contributed by atoms with Crippen LogP contribution in [0.3, 0.4) is 0 Å². The lowest BCUT2D eigenvalue weighted by Crippen LogP contribution is -2.41. The van der Waals surface area contributed by atoms with Gasteiger partial charge in [-0.3, -0.25) is 0 Å². The minimum absolute atomic E-state index is 0.277. The van der Waals surface area contributed by atoms with Crippen molar-refractivity contribution in [3.63, 3.8) is 0 Å². The number of hydrogen-bond acceptors (Lipinski definition) is 6. The first kappa shape index (κ1) is 26.1. The minimum Gasteiger partial charge on any atom is -0.457 e. The van der Waals surface area contributed by atoms with Crippen molar-refractivity contribution in [1.82, 2.24) is 4.53 Å². The maximum atomic E-state index is 15.0. The summed E-state index contributed by atoms with van der Waals surface area (Å²) in [5, 5.41) is -2.78. The van der Waals surface area contributed by atoms with Crippen LogP contribution in [0.2, 0.25) is 5.02 Å². The van der Waals surface area contributed by atoms with Crippen molar-refractivity contribution in [1.29, 1.82) is 0 Å². The van der Waals surface area contributed by atoms with Gasteiger partial charge in [-0.1, -0.05) is 48.9 Å². The fourth-order valence-electron chi connectivity index (χ4n) is 2.73. The van der Waals surface area contributed by atoms with Crippen LogP contribution in [0.1, 0.15) is 29.3 Å². The zero-order valence-corrected chi connectivity index (χ0v) is 19.1. The number of hydrogen-bond donors (Lipinski definition) is 0. The molecule has 0 spiro atoms. The Labute approximate surface area is 188 Å². The van der Waals surface area contributed by atoms with Crippen LogP contribution in [0.15, 0.2) is 47.4 Å². The Morgan fingerprint density at radius 2 is 1.75 bits per heavy atom. The second-order valence-electron chi connectivity index (χ2n) is 6.46. The lowest BCUT2D eigenvalue weighted by molar-refractivity contribution is 0.0466. The lowest BCUT2D eigenvalue weighted by atomic mass is 10.2. The molecule has 0 amide bonds. The van der Waals surface area contributed by atoms with Gasteiger partial charge in [0.15, 0.2) is 21.0 Å². The van der Waals surface area contributed by atoms with Crippen molar-refractivity contribution < 1.29 is 39.6 Å². The van der Waals surface area contributed by atoms with E-state index in [1.165, 1.54) is 0 Å². The highest BCUT2D eigenvalue weighted by atomic mass is 35.5. The van der Waals surface area contributed by atoms with E-state index in [2.05, 4.69) is 0 Å². The first-order valence-corrected chi connectivity index (χ1v) is 12.7. The van der Waals surface area contributed by atoms with E-state index in [1.54, 1.807) is 30.3 Å². The SMILES string of the molecule is CCC(N(F)S(=O)(=O)c1ccc(Cl)c(C(=O)OCc2ccccc2)c1F)S(=O)(=O)CCF. The van der Waals surface area contributed by atoms with Crippen LogP contribution in [0.4, 0.5) is 13.3 Å². The molecule has 7 nitrogen and oxygen atoms in total. The summed E-state index contributed by atoms with van der Waals surface area (Å²) >= 11 is 5.83. The standard InChI is InChI=1S/C19H19ClF3NO6S2/c1-2-16(31(26,27)11-10-21)24(23)32(28,29)15-9-8-14(20)17(18(15)22)19(25)30-12-13-6-4-3-5-7-13/h3-9,16H,2,10-12H2,1H3. The maximum absolute atomic E-state index is 15.0. The Morgan fingerprint density at radius 3 is 2.31 bits per heavy atom. The Kier molecular flexibility index (Phi) is 8.68. The number of carbonyl (C=O) groups excluding carboxylic acids is 1. The van der Waals surface area contributed by atoms with Gasteiger partial charge in [-0.25, -0.2) is 30.4 Å². The molecule has 176 valence electrons. The Balaban J connectivity index is 2.42. The molecule has 0 aromatic heterocycles. The zero-order chi connectivity index (χ0) is 24.1. The predicted octanol–water partition coefficient (Wildman–Crippen LogP) is 3.83. The predicted molar refractivity (Wildman–Crippen MR) is 111 cm³/mol. The van der Waals surface area contributed by atoms with E-state index >= 15 is 4.39 Å². The molecule has 0 aliphatic heterocycles. The van der Waals surface area contributed by atoms with E-state index in [-0.39, 0.29) is 6.61 Å². The molecule has 0 radical (unpaired) electrons. The molecule has 0 aliphatic carbocycles. The molecule has 0 saturated carbocycles. The number of esters is 1. The average Bonchev–Trinajstić information content (AvgIpc) is 2.73. The van der Waals surface area contributed by atoms with Crippen LogP contribution in [-0.2, 0) is 31.2 Å². The van der Waals surface area contributed by atoms with Gasteiger partial charge < -0.3 is 4.74 Å². The summed E-state index contributed by atoms with van der Waals surface area (Å²) in [5.74, 6) is -4.14. The highest BCUT2D eigenvalue weighted by Crippen LogP contribution is 2.31. The second kappa shape index (κ2) is 10.6. The van der Waals surface area contributed by atoms with E-state index in [1.807, 2.05) is 0 Å². The molecule has 0 bridgehead atoms. The van der Waals surface area contributed by atoms with Crippen LogP contribution >= 0.6 is 11.6 Å². The van der Waals surface area contributed by atoms with Gasteiger partial charge in [-0.15, -0.1) is 4.48 Å². The van der Waals surface area contributed by atoms with Gasteiger partial charge in [0.1, 0.15) is 23.7 Å². The maximum Gasteiger partial charge on any atom is 0.343 e. The van der Waals surface area contributed by atoms with Gasteiger partial charge in [0.05, 0.1) is 10.8 Å².